The van der Waals surface area contributed by atoms with E-state index in [1.807, 2.05) is 0 Å². The molecule has 0 aliphatic rings. The summed E-state index contributed by atoms with van der Waals surface area (Å²) in [6.07, 6.45) is 0.949. The Hall–Kier alpha value is -1.03. The van der Waals surface area contributed by atoms with E-state index < -0.39 is 0 Å². The van der Waals surface area contributed by atoms with Gasteiger partial charge in [0.15, 0.2) is 11.5 Å². The average molecular weight is 273 g/mol. The van der Waals surface area contributed by atoms with Gasteiger partial charge in [-0.2, -0.15) is 0 Å². The highest BCUT2D eigenvalue weighted by Gasteiger charge is 2.10. The molecule has 0 heterocycles. The monoisotopic (exact) mass is 272 g/mol. The van der Waals surface area contributed by atoms with Gasteiger partial charge in [0.1, 0.15) is 5.78 Å². The van der Waals surface area contributed by atoms with Crippen molar-refractivity contribution in [1.82, 2.24) is 0 Å². The standard InChI is InChI=1S/C11H13BrO3/c1-7(13)3-4-8-5-9(12)6-10(15-2)11(8)14/h5-6,14H,3-4H2,1-2H3. The summed E-state index contributed by atoms with van der Waals surface area (Å²) in [6.45, 7) is 1.53. The maximum Gasteiger partial charge on any atom is 0.161 e. The van der Waals surface area contributed by atoms with Gasteiger partial charge >= 0.3 is 0 Å². The molecule has 82 valence electrons. The molecule has 0 bridgehead atoms. The van der Waals surface area contributed by atoms with E-state index in [2.05, 4.69) is 15.9 Å². The lowest BCUT2D eigenvalue weighted by Crippen LogP contribution is -1.96. The Morgan fingerprint density at radius 3 is 2.73 bits per heavy atom. The molecule has 0 saturated heterocycles. The molecule has 0 aliphatic heterocycles. The van der Waals surface area contributed by atoms with Crippen molar-refractivity contribution in [1.29, 1.82) is 0 Å². The number of aromatic hydroxyl groups is 1. The molecule has 1 aromatic carbocycles. The molecule has 0 spiro atoms. The SMILES string of the molecule is COc1cc(Br)cc(CCC(C)=O)c1O. The highest BCUT2D eigenvalue weighted by molar-refractivity contribution is 9.10. The van der Waals surface area contributed by atoms with Crippen LogP contribution < -0.4 is 4.74 Å². The summed E-state index contributed by atoms with van der Waals surface area (Å²) in [4.78, 5) is 10.8. The molecule has 3 nitrogen and oxygen atoms in total. The first-order chi connectivity index (χ1) is 7.04. The fourth-order valence-corrected chi connectivity index (χ4v) is 1.77. The third kappa shape index (κ3) is 3.23. The van der Waals surface area contributed by atoms with Gasteiger partial charge in [-0.1, -0.05) is 15.9 Å². The third-order valence-corrected chi connectivity index (χ3v) is 2.54. The van der Waals surface area contributed by atoms with Crippen LogP contribution in [-0.2, 0) is 11.2 Å². The van der Waals surface area contributed by atoms with Crippen LogP contribution in [-0.4, -0.2) is 18.0 Å². The molecule has 0 saturated carbocycles. The van der Waals surface area contributed by atoms with Crippen LogP contribution >= 0.6 is 15.9 Å². The van der Waals surface area contributed by atoms with Crippen LogP contribution in [0.3, 0.4) is 0 Å². The zero-order valence-electron chi connectivity index (χ0n) is 8.71. The minimum atomic E-state index is 0.105. The van der Waals surface area contributed by atoms with Crippen LogP contribution in [0, 0.1) is 0 Å². The van der Waals surface area contributed by atoms with E-state index in [0.717, 1.165) is 10.0 Å². The fraction of sp³-hybridized carbons (Fsp3) is 0.364. The van der Waals surface area contributed by atoms with E-state index in [1.54, 1.807) is 12.1 Å². The van der Waals surface area contributed by atoms with Gasteiger partial charge in [-0.05, 0) is 31.0 Å². The van der Waals surface area contributed by atoms with Gasteiger partial charge in [0, 0.05) is 10.9 Å². The number of halogens is 1. The number of rotatable bonds is 4. The van der Waals surface area contributed by atoms with Gasteiger partial charge in [-0.25, -0.2) is 0 Å². The molecule has 1 rings (SSSR count). The summed E-state index contributed by atoms with van der Waals surface area (Å²) < 4.78 is 5.84. The third-order valence-electron chi connectivity index (χ3n) is 2.08. The van der Waals surface area contributed by atoms with Gasteiger partial charge in [0.2, 0.25) is 0 Å². The molecule has 0 radical (unpaired) electrons. The number of benzene rings is 1. The Kier molecular flexibility index (Phi) is 4.15. The minimum Gasteiger partial charge on any atom is -0.504 e. The summed E-state index contributed by atoms with van der Waals surface area (Å²) in [5, 5.41) is 9.77. The van der Waals surface area contributed by atoms with E-state index in [0.29, 0.717) is 18.6 Å². The van der Waals surface area contributed by atoms with Crippen LogP contribution in [0.25, 0.3) is 0 Å². The van der Waals surface area contributed by atoms with Crippen molar-refractivity contribution in [3.8, 4) is 11.5 Å². The van der Waals surface area contributed by atoms with Crippen molar-refractivity contribution in [2.24, 2.45) is 0 Å². The molecule has 0 amide bonds. The number of phenolic OH excluding ortho intramolecular Hbond substituents is 1. The predicted molar refractivity (Wildman–Crippen MR) is 61.4 cm³/mol. The molecular weight excluding hydrogens is 260 g/mol. The Morgan fingerprint density at radius 1 is 1.53 bits per heavy atom. The second-order valence-corrected chi connectivity index (χ2v) is 4.23. The summed E-state index contributed by atoms with van der Waals surface area (Å²) in [5.41, 5.74) is 0.719. The van der Waals surface area contributed by atoms with E-state index >= 15 is 0 Å². The van der Waals surface area contributed by atoms with Crippen molar-refractivity contribution >= 4 is 21.7 Å². The number of carbonyl (C=O) groups excluding carboxylic acids is 1. The van der Waals surface area contributed by atoms with Crippen molar-refractivity contribution < 1.29 is 14.6 Å². The highest BCUT2D eigenvalue weighted by Crippen LogP contribution is 2.34. The lowest BCUT2D eigenvalue weighted by atomic mass is 10.1. The maximum atomic E-state index is 10.8. The first-order valence-corrected chi connectivity index (χ1v) is 5.38. The Labute approximate surface area is 97.2 Å². The number of carbonyl (C=O) groups is 1. The molecule has 0 fully saturated rings. The number of ketones is 1. The zero-order valence-corrected chi connectivity index (χ0v) is 10.3. The molecule has 1 N–H and O–H groups in total. The topological polar surface area (TPSA) is 46.5 Å². The van der Waals surface area contributed by atoms with E-state index in [-0.39, 0.29) is 11.5 Å². The Balaban J connectivity index is 2.95. The Morgan fingerprint density at radius 2 is 2.20 bits per heavy atom. The Bertz CT molecular complexity index is 374. The molecule has 0 unspecified atom stereocenters. The van der Waals surface area contributed by atoms with Crippen LogP contribution in [0.5, 0.6) is 11.5 Å². The molecular formula is C11H13BrO3. The molecule has 0 aliphatic carbocycles. The number of phenols is 1. The van der Waals surface area contributed by atoms with Crippen LogP contribution in [0.2, 0.25) is 0 Å². The second-order valence-electron chi connectivity index (χ2n) is 3.32. The molecule has 1 aromatic rings. The lowest BCUT2D eigenvalue weighted by molar-refractivity contribution is -0.116. The van der Waals surface area contributed by atoms with Crippen LogP contribution in [0.4, 0.5) is 0 Å². The van der Waals surface area contributed by atoms with Gasteiger partial charge < -0.3 is 14.6 Å². The summed E-state index contributed by atoms with van der Waals surface area (Å²) in [6, 6.07) is 3.48. The molecule has 0 aromatic heterocycles. The van der Waals surface area contributed by atoms with Crippen molar-refractivity contribution in [2.75, 3.05) is 7.11 Å². The molecule has 15 heavy (non-hydrogen) atoms. The number of ether oxygens (including phenoxy) is 1. The largest absolute Gasteiger partial charge is 0.504 e. The first-order valence-electron chi connectivity index (χ1n) is 4.59. The van der Waals surface area contributed by atoms with Crippen molar-refractivity contribution in [3.63, 3.8) is 0 Å². The molecule has 4 heteroatoms. The maximum absolute atomic E-state index is 10.8. The summed E-state index contributed by atoms with van der Waals surface area (Å²) in [7, 11) is 1.50. The second kappa shape index (κ2) is 5.16. The van der Waals surface area contributed by atoms with Crippen LogP contribution in [0.15, 0.2) is 16.6 Å². The van der Waals surface area contributed by atoms with E-state index in [1.165, 1.54) is 14.0 Å². The number of methoxy groups -OCH3 is 1. The molecule has 0 atom stereocenters. The highest BCUT2D eigenvalue weighted by atomic mass is 79.9. The normalized spacial score (nSPS) is 10.1. The number of hydrogen-bond acceptors (Lipinski definition) is 3. The smallest absolute Gasteiger partial charge is 0.161 e. The number of hydrogen-bond donors (Lipinski definition) is 1. The fourth-order valence-electron chi connectivity index (χ4n) is 1.29. The first kappa shape index (κ1) is 12.0. The van der Waals surface area contributed by atoms with Gasteiger partial charge in [0.25, 0.3) is 0 Å². The number of aryl methyl sites for hydroxylation is 1. The summed E-state index contributed by atoms with van der Waals surface area (Å²) >= 11 is 3.32. The van der Waals surface area contributed by atoms with Crippen molar-refractivity contribution in [2.45, 2.75) is 19.8 Å². The van der Waals surface area contributed by atoms with Crippen LogP contribution in [0.1, 0.15) is 18.9 Å². The van der Waals surface area contributed by atoms with Gasteiger partial charge in [-0.15, -0.1) is 0 Å². The zero-order chi connectivity index (χ0) is 11.4. The predicted octanol–water partition coefficient (Wildman–Crippen LogP) is 2.68. The summed E-state index contributed by atoms with van der Waals surface area (Å²) in [5.74, 6) is 0.637. The minimum absolute atomic E-state index is 0.105. The number of Topliss-reactive ketones (excluding diaryl/α,β-unsaturated/α-hetero) is 1. The van der Waals surface area contributed by atoms with E-state index in [9.17, 15) is 9.90 Å². The quantitative estimate of drug-likeness (QED) is 0.917. The average Bonchev–Trinajstić information content (AvgIpc) is 2.18. The van der Waals surface area contributed by atoms with Crippen molar-refractivity contribution in [3.05, 3.63) is 22.2 Å². The van der Waals surface area contributed by atoms with Gasteiger partial charge in [-0.3, -0.25) is 0 Å². The lowest BCUT2D eigenvalue weighted by Gasteiger charge is -2.09. The van der Waals surface area contributed by atoms with Gasteiger partial charge in [0.05, 0.1) is 7.11 Å². The van der Waals surface area contributed by atoms with E-state index in [4.69, 9.17) is 4.74 Å².